The molecule has 1 unspecified atom stereocenters. The molecule has 1 saturated heterocycles. The Morgan fingerprint density at radius 3 is 2.77 bits per heavy atom. The second kappa shape index (κ2) is 4.93. The molecule has 1 atom stereocenters. The zero-order valence-corrected chi connectivity index (χ0v) is 12.9. The average molecular weight is 300 g/mol. The SMILES string of the molecule is CN(C)C(=O)C1CCCN1c1ccc2nnc(C3CC3)n2n1. The fourth-order valence-electron chi connectivity index (χ4n) is 3.14. The molecule has 2 fully saturated rings. The standard InChI is InChI=1S/C15H20N6O/c1-19(2)15(22)11-4-3-9-20(11)13-8-7-12-16-17-14(10-5-6-10)21(12)18-13/h7-8,10-11H,3-6,9H2,1-2H3. The van der Waals surface area contributed by atoms with Crippen LogP contribution < -0.4 is 4.90 Å². The van der Waals surface area contributed by atoms with Gasteiger partial charge in [0.25, 0.3) is 0 Å². The lowest BCUT2D eigenvalue weighted by atomic mass is 10.2. The molecule has 2 aliphatic rings. The number of hydrogen-bond donors (Lipinski definition) is 0. The van der Waals surface area contributed by atoms with Gasteiger partial charge in [0.15, 0.2) is 11.5 Å². The minimum Gasteiger partial charge on any atom is -0.347 e. The van der Waals surface area contributed by atoms with Crippen LogP contribution >= 0.6 is 0 Å². The van der Waals surface area contributed by atoms with Gasteiger partial charge in [0.2, 0.25) is 5.91 Å². The lowest BCUT2D eigenvalue weighted by Crippen LogP contribution is -2.43. The normalized spacial score (nSPS) is 21.5. The van der Waals surface area contributed by atoms with Crippen molar-refractivity contribution in [2.75, 3.05) is 25.5 Å². The highest BCUT2D eigenvalue weighted by atomic mass is 16.2. The van der Waals surface area contributed by atoms with E-state index < -0.39 is 0 Å². The fraction of sp³-hybridized carbons (Fsp3) is 0.600. The maximum absolute atomic E-state index is 12.4. The van der Waals surface area contributed by atoms with Gasteiger partial charge in [-0.1, -0.05) is 0 Å². The number of hydrogen-bond acceptors (Lipinski definition) is 5. The quantitative estimate of drug-likeness (QED) is 0.848. The first kappa shape index (κ1) is 13.5. The third-order valence-corrected chi connectivity index (χ3v) is 4.49. The third-order valence-electron chi connectivity index (χ3n) is 4.49. The Morgan fingerprint density at radius 2 is 2.05 bits per heavy atom. The molecule has 22 heavy (non-hydrogen) atoms. The Morgan fingerprint density at radius 1 is 1.23 bits per heavy atom. The molecule has 1 saturated carbocycles. The number of likely N-dealkylation sites (N-methyl/N-ethyl adjacent to an activating group) is 1. The molecule has 0 radical (unpaired) electrons. The summed E-state index contributed by atoms with van der Waals surface area (Å²) in [6.07, 6.45) is 4.23. The van der Waals surface area contributed by atoms with Crippen LogP contribution in [-0.4, -0.2) is 57.3 Å². The van der Waals surface area contributed by atoms with Crippen molar-refractivity contribution >= 4 is 17.4 Å². The van der Waals surface area contributed by atoms with Gasteiger partial charge in [0.1, 0.15) is 11.9 Å². The van der Waals surface area contributed by atoms with Crippen molar-refractivity contribution in [1.29, 1.82) is 0 Å². The molecule has 0 N–H and O–H groups in total. The van der Waals surface area contributed by atoms with E-state index in [9.17, 15) is 4.79 Å². The maximum Gasteiger partial charge on any atom is 0.244 e. The van der Waals surface area contributed by atoms with E-state index in [1.54, 1.807) is 19.0 Å². The highest BCUT2D eigenvalue weighted by Crippen LogP contribution is 2.39. The van der Waals surface area contributed by atoms with Crippen LogP contribution in [0.2, 0.25) is 0 Å². The average Bonchev–Trinajstić information content (AvgIpc) is 3.10. The Bertz CT molecular complexity index is 720. The van der Waals surface area contributed by atoms with Crippen LogP contribution in [-0.2, 0) is 4.79 Å². The number of aromatic nitrogens is 4. The predicted molar refractivity (Wildman–Crippen MR) is 81.8 cm³/mol. The van der Waals surface area contributed by atoms with E-state index in [4.69, 9.17) is 5.10 Å². The second-order valence-electron chi connectivity index (χ2n) is 6.38. The third kappa shape index (κ3) is 2.12. The number of amides is 1. The van der Waals surface area contributed by atoms with Crippen molar-refractivity contribution in [1.82, 2.24) is 24.7 Å². The molecular weight excluding hydrogens is 280 g/mol. The molecule has 0 aromatic carbocycles. The molecule has 0 spiro atoms. The van der Waals surface area contributed by atoms with Gasteiger partial charge in [-0.15, -0.1) is 15.3 Å². The van der Waals surface area contributed by atoms with Gasteiger partial charge in [0.05, 0.1) is 0 Å². The minimum atomic E-state index is -0.110. The van der Waals surface area contributed by atoms with Crippen molar-refractivity contribution in [3.8, 4) is 0 Å². The Hall–Kier alpha value is -2.18. The molecule has 4 rings (SSSR count). The molecular formula is C15H20N6O. The van der Waals surface area contributed by atoms with Gasteiger partial charge >= 0.3 is 0 Å². The smallest absolute Gasteiger partial charge is 0.244 e. The van der Waals surface area contributed by atoms with E-state index in [1.807, 2.05) is 16.6 Å². The maximum atomic E-state index is 12.4. The van der Waals surface area contributed by atoms with Gasteiger partial charge in [0, 0.05) is 26.6 Å². The first-order valence-corrected chi connectivity index (χ1v) is 7.85. The molecule has 1 aliphatic heterocycles. The summed E-state index contributed by atoms with van der Waals surface area (Å²) >= 11 is 0. The number of carbonyl (C=O) groups is 1. The monoisotopic (exact) mass is 300 g/mol. The molecule has 2 aromatic heterocycles. The Balaban J connectivity index is 1.70. The van der Waals surface area contributed by atoms with Crippen molar-refractivity contribution in [3.05, 3.63) is 18.0 Å². The Kier molecular flexibility index (Phi) is 3.02. The van der Waals surface area contributed by atoms with Gasteiger partial charge < -0.3 is 9.80 Å². The first-order valence-electron chi connectivity index (χ1n) is 7.85. The second-order valence-corrected chi connectivity index (χ2v) is 6.38. The molecule has 1 amide bonds. The van der Waals surface area contributed by atoms with Crippen molar-refractivity contribution in [2.45, 2.75) is 37.6 Å². The van der Waals surface area contributed by atoms with Crippen LogP contribution in [0, 0.1) is 0 Å². The molecule has 7 nitrogen and oxygen atoms in total. The molecule has 116 valence electrons. The van der Waals surface area contributed by atoms with Crippen LogP contribution in [0.25, 0.3) is 5.65 Å². The molecule has 7 heteroatoms. The van der Waals surface area contributed by atoms with Crippen molar-refractivity contribution < 1.29 is 4.79 Å². The van der Waals surface area contributed by atoms with E-state index in [0.717, 1.165) is 49.5 Å². The van der Waals surface area contributed by atoms with Gasteiger partial charge in [-0.25, -0.2) is 0 Å². The van der Waals surface area contributed by atoms with Crippen LogP contribution in [0.3, 0.4) is 0 Å². The van der Waals surface area contributed by atoms with Gasteiger partial charge in [-0.3, -0.25) is 4.79 Å². The fourth-order valence-corrected chi connectivity index (χ4v) is 3.14. The minimum absolute atomic E-state index is 0.110. The number of nitrogens with zero attached hydrogens (tertiary/aromatic N) is 6. The predicted octanol–water partition coefficient (Wildman–Crippen LogP) is 1.06. The highest BCUT2D eigenvalue weighted by molar-refractivity contribution is 5.85. The number of fused-ring (bicyclic) bond motifs is 1. The summed E-state index contributed by atoms with van der Waals surface area (Å²) in [6, 6.07) is 3.78. The van der Waals surface area contributed by atoms with Crippen LogP contribution in [0.4, 0.5) is 5.82 Å². The van der Waals surface area contributed by atoms with Crippen LogP contribution in [0.15, 0.2) is 12.1 Å². The lowest BCUT2D eigenvalue weighted by Gasteiger charge is -2.26. The van der Waals surface area contributed by atoms with Crippen LogP contribution in [0.5, 0.6) is 0 Å². The number of carbonyl (C=O) groups excluding carboxylic acids is 1. The van der Waals surface area contributed by atoms with Gasteiger partial charge in [-0.05, 0) is 37.8 Å². The summed E-state index contributed by atoms with van der Waals surface area (Å²) in [5.74, 6) is 2.43. The molecule has 3 heterocycles. The van der Waals surface area contributed by atoms with E-state index in [0.29, 0.717) is 5.92 Å². The van der Waals surface area contributed by atoms with E-state index in [1.165, 1.54) is 0 Å². The summed E-state index contributed by atoms with van der Waals surface area (Å²) in [7, 11) is 3.61. The van der Waals surface area contributed by atoms with E-state index in [-0.39, 0.29) is 11.9 Å². The zero-order valence-electron chi connectivity index (χ0n) is 12.9. The summed E-state index contributed by atoms with van der Waals surface area (Å²) in [5.41, 5.74) is 0.778. The molecule has 1 aliphatic carbocycles. The highest BCUT2D eigenvalue weighted by Gasteiger charge is 2.34. The number of rotatable bonds is 3. The summed E-state index contributed by atoms with van der Waals surface area (Å²) in [4.78, 5) is 16.1. The van der Waals surface area contributed by atoms with Gasteiger partial charge in [-0.2, -0.15) is 4.52 Å². The summed E-state index contributed by atoms with van der Waals surface area (Å²) in [6.45, 7) is 0.865. The van der Waals surface area contributed by atoms with Crippen molar-refractivity contribution in [3.63, 3.8) is 0 Å². The summed E-state index contributed by atoms with van der Waals surface area (Å²) < 4.78 is 1.85. The van der Waals surface area contributed by atoms with E-state index in [2.05, 4.69) is 15.1 Å². The Labute approximate surface area is 128 Å². The van der Waals surface area contributed by atoms with Crippen molar-refractivity contribution in [2.24, 2.45) is 0 Å². The number of anilines is 1. The first-order chi connectivity index (χ1) is 10.6. The summed E-state index contributed by atoms with van der Waals surface area (Å²) in [5, 5.41) is 13.2. The lowest BCUT2D eigenvalue weighted by molar-refractivity contribution is -0.129. The largest absolute Gasteiger partial charge is 0.347 e. The zero-order chi connectivity index (χ0) is 15.3. The molecule has 2 aromatic rings. The van der Waals surface area contributed by atoms with E-state index >= 15 is 0 Å². The molecule has 0 bridgehead atoms. The topological polar surface area (TPSA) is 66.6 Å². The van der Waals surface area contributed by atoms with Crippen LogP contribution in [0.1, 0.15) is 37.4 Å².